The van der Waals surface area contributed by atoms with Crippen molar-refractivity contribution < 1.29 is 0 Å². The zero-order chi connectivity index (χ0) is 15.9. The van der Waals surface area contributed by atoms with Crippen molar-refractivity contribution in [2.75, 3.05) is 0 Å². The first-order valence-corrected chi connectivity index (χ1v) is 7.88. The van der Waals surface area contributed by atoms with Gasteiger partial charge in [-0.25, -0.2) is 4.98 Å². The van der Waals surface area contributed by atoms with Crippen molar-refractivity contribution in [3.8, 4) is 11.3 Å². The average Bonchev–Trinajstić information content (AvgIpc) is 2.68. The summed E-state index contributed by atoms with van der Waals surface area (Å²) in [6.45, 7) is 0. The highest BCUT2D eigenvalue weighted by Crippen LogP contribution is 2.33. The molecule has 3 aromatic heterocycles. The van der Waals surface area contributed by atoms with Gasteiger partial charge in [0.15, 0.2) is 0 Å². The van der Waals surface area contributed by atoms with Gasteiger partial charge in [-0.1, -0.05) is 30.3 Å². The van der Waals surface area contributed by atoms with E-state index in [1.807, 2.05) is 48.9 Å². The third-order valence-electron chi connectivity index (χ3n) is 4.39. The molecule has 0 radical (unpaired) electrons. The van der Waals surface area contributed by atoms with E-state index in [1.54, 1.807) is 0 Å². The minimum atomic E-state index is 0.950. The van der Waals surface area contributed by atoms with Crippen LogP contribution in [0.4, 0.5) is 0 Å². The third-order valence-corrected chi connectivity index (χ3v) is 4.39. The average molecular weight is 307 g/mol. The number of nitrogens with zero attached hydrogens (tertiary/aromatic N) is 3. The number of hydrogen-bond acceptors (Lipinski definition) is 3. The maximum Gasteiger partial charge on any atom is 0.0817 e. The standard InChI is InChI=1S/C21H13N3/c1-2-5-14(6-3-1)19-9-8-16-15-10-12-22-13-18(15)20-17(21(16)24-19)7-4-11-23-20/h1-13H. The van der Waals surface area contributed by atoms with Gasteiger partial charge in [0.25, 0.3) is 0 Å². The van der Waals surface area contributed by atoms with Gasteiger partial charge in [0.05, 0.1) is 16.7 Å². The summed E-state index contributed by atoms with van der Waals surface area (Å²) in [6, 6.07) is 20.6. The molecule has 0 spiro atoms. The van der Waals surface area contributed by atoms with E-state index >= 15 is 0 Å². The summed E-state index contributed by atoms with van der Waals surface area (Å²) in [6.07, 6.45) is 5.53. The quantitative estimate of drug-likeness (QED) is 0.409. The molecule has 0 atom stereocenters. The molecule has 0 aliphatic rings. The van der Waals surface area contributed by atoms with Crippen LogP contribution in [0.5, 0.6) is 0 Å². The first-order chi connectivity index (χ1) is 11.9. The Hall–Kier alpha value is -3.33. The fourth-order valence-corrected chi connectivity index (χ4v) is 3.28. The summed E-state index contributed by atoms with van der Waals surface area (Å²) in [5, 5.41) is 4.39. The summed E-state index contributed by atoms with van der Waals surface area (Å²) >= 11 is 0. The van der Waals surface area contributed by atoms with Gasteiger partial charge in [-0.2, -0.15) is 0 Å². The number of fused-ring (bicyclic) bond motifs is 6. The number of benzene rings is 2. The molecule has 0 aliphatic carbocycles. The number of aromatic nitrogens is 3. The molecule has 0 aliphatic heterocycles. The summed E-state index contributed by atoms with van der Waals surface area (Å²) in [7, 11) is 0. The van der Waals surface area contributed by atoms with Crippen LogP contribution in [-0.2, 0) is 0 Å². The highest BCUT2D eigenvalue weighted by Gasteiger charge is 2.11. The first kappa shape index (κ1) is 13.1. The molecule has 5 rings (SSSR count). The molecule has 3 heteroatoms. The predicted octanol–water partition coefficient (Wildman–Crippen LogP) is 5.00. The van der Waals surface area contributed by atoms with Crippen molar-refractivity contribution in [1.82, 2.24) is 15.0 Å². The van der Waals surface area contributed by atoms with Crippen molar-refractivity contribution in [2.24, 2.45) is 0 Å². The number of pyridine rings is 3. The molecule has 0 fully saturated rings. The Morgan fingerprint density at radius 2 is 1.50 bits per heavy atom. The van der Waals surface area contributed by atoms with E-state index in [2.05, 4.69) is 40.3 Å². The van der Waals surface area contributed by atoms with Crippen LogP contribution in [0.15, 0.2) is 79.3 Å². The summed E-state index contributed by atoms with van der Waals surface area (Å²) in [5.41, 5.74) is 4.02. The Morgan fingerprint density at radius 3 is 2.42 bits per heavy atom. The second-order valence-electron chi connectivity index (χ2n) is 5.78. The van der Waals surface area contributed by atoms with Crippen LogP contribution in [-0.4, -0.2) is 15.0 Å². The minimum Gasteiger partial charge on any atom is -0.264 e. The van der Waals surface area contributed by atoms with Crippen molar-refractivity contribution >= 4 is 32.6 Å². The van der Waals surface area contributed by atoms with Crippen molar-refractivity contribution in [1.29, 1.82) is 0 Å². The van der Waals surface area contributed by atoms with E-state index in [-0.39, 0.29) is 0 Å². The molecule has 3 heterocycles. The van der Waals surface area contributed by atoms with Gasteiger partial charge < -0.3 is 0 Å². The summed E-state index contributed by atoms with van der Waals surface area (Å²) in [4.78, 5) is 13.8. The van der Waals surface area contributed by atoms with Gasteiger partial charge in [0.1, 0.15) is 0 Å². The zero-order valence-corrected chi connectivity index (χ0v) is 12.8. The van der Waals surface area contributed by atoms with Gasteiger partial charge in [-0.05, 0) is 35.7 Å². The van der Waals surface area contributed by atoms with Crippen molar-refractivity contribution in [3.05, 3.63) is 79.3 Å². The van der Waals surface area contributed by atoms with Gasteiger partial charge in [0, 0.05) is 40.3 Å². The monoisotopic (exact) mass is 307 g/mol. The van der Waals surface area contributed by atoms with Crippen LogP contribution in [0.25, 0.3) is 43.8 Å². The second kappa shape index (κ2) is 5.10. The lowest BCUT2D eigenvalue weighted by Gasteiger charge is -2.10. The van der Waals surface area contributed by atoms with Crippen molar-refractivity contribution in [3.63, 3.8) is 0 Å². The van der Waals surface area contributed by atoms with Crippen LogP contribution < -0.4 is 0 Å². The molecule has 0 saturated heterocycles. The van der Waals surface area contributed by atoms with E-state index in [0.29, 0.717) is 0 Å². The molecule has 0 unspecified atom stereocenters. The second-order valence-corrected chi connectivity index (χ2v) is 5.78. The van der Waals surface area contributed by atoms with Gasteiger partial charge in [-0.15, -0.1) is 0 Å². The summed E-state index contributed by atoms with van der Waals surface area (Å²) in [5.74, 6) is 0. The molecule has 0 amide bonds. The molecule has 5 aromatic rings. The highest BCUT2D eigenvalue weighted by molar-refractivity contribution is 6.22. The number of hydrogen-bond donors (Lipinski definition) is 0. The van der Waals surface area contributed by atoms with Crippen LogP contribution in [0.1, 0.15) is 0 Å². The lowest BCUT2D eigenvalue weighted by molar-refractivity contribution is 1.35. The lowest BCUT2D eigenvalue weighted by Crippen LogP contribution is -1.90. The molecular formula is C21H13N3. The molecule has 0 saturated carbocycles. The fraction of sp³-hybridized carbons (Fsp3) is 0. The van der Waals surface area contributed by atoms with E-state index < -0.39 is 0 Å². The third kappa shape index (κ3) is 1.88. The predicted molar refractivity (Wildman–Crippen MR) is 97.8 cm³/mol. The van der Waals surface area contributed by atoms with Crippen LogP contribution >= 0.6 is 0 Å². The number of rotatable bonds is 1. The minimum absolute atomic E-state index is 0.950. The van der Waals surface area contributed by atoms with Crippen molar-refractivity contribution in [2.45, 2.75) is 0 Å². The van der Waals surface area contributed by atoms with Crippen LogP contribution in [0, 0.1) is 0 Å². The Labute approximate surface area is 138 Å². The Balaban J connectivity index is 1.96. The molecule has 112 valence electrons. The fourth-order valence-electron chi connectivity index (χ4n) is 3.28. The topological polar surface area (TPSA) is 38.7 Å². The first-order valence-electron chi connectivity index (χ1n) is 7.88. The van der Waals surface area contributed by atoms with Crippen LogP contribution in [0.2, 0.25) is 0 Å². The van der Waals surface area contributed by atoms with E-state index in [0.717, 1.165) is 43.8 Å². The maximum atomic E-state index is 4.96. The molecule has 24 heavy (non-hydrogen) atoms. The smallest absolute Gasteiger partial charge is 0.0817 e. The normalized spacial score (nSPS) is 11.3. The molecule has 0 bridgehead atoms. The van der Waals surface area contributed by atoms with Gasteiger partial charge >= 0.3 is 0 Å². The van der Waals surface area contributed by atoms with E-state index in [9.17, 15) is 0 Å². The highest BCUT2D eigenvalue weighted by atomic mass is 14.7. The maximum absolute atomic E-state index is 4.96. The molecule has 3 nitrogen and oxygen atoms in total. The zero-order valence-electron chi connectivity index (χ0n) is 12.8. The largest absolute Gasteiger partial charge is 0.264 e. The van der Waals surface area contributed by atoms with Crippen LogP contribution in [0.3, 0.4) is 0 Å². The molecule has 0 N–H and O–H groups in total. The van der Waals surface area contributed by atoms with E-state index in [4.69, 9.17) is 4.98 Å². The SMILES string of the molecule is c1ccc(-c2ccc3c4ccncc4c4ncccc4c3n2)cc1. The van der Waals surface area contributed by atoms with Gasteiger partial charge in [0.2, 0.25) is 0 Å². The Bertz CT molecular complexity index is 1160. The Morgan fingerprint density at radius 1 is 0.583 bits per heavy atom. The molecular weight excluding hydrogens is 294 g/mol. The molecule has 2 aromatic carbocycles. The lowest BCUT2D eigenvalue weighted by atomic mass is 10.0. The van der Waals surface area contributed by atoms with Gasteiger partial charge in [-0.3, -0.25) is 9.97 Å². The summed E-state index contributed by atoms with van der Waals surface area (Å²) < 4.78 is 0. The van der Waals surface area contributed by atoms with E-state index in [1.165, 1.54) is 0 Å². The Kier molecular flexibility index (Phi) is 2.79.